The quantitative estimate of drug-likeness (QED) is 0.832. The van der Waals surface area contributed by atoms with Gasteiger partial charge in [0.2, 0.25) is 5.95 Å². The molecular formula is C16H23N3O. The van der Waals surface area contributed by atoms with Gasteiger partial charge in [-0.15, -0.1) is 0 Å². The van der Waals surface area contributed by atoms with Gasteiger partial charge in [0.25, 0.3) is 0 Å². The summed E-state index contributed by atoms with van der Waals surface area (Å²) in [7, 11) is 1.71. The highest BCUT2D eigenvalue weighted by Gasteiger charge is 2.06. The van der Waals surface area contributed by atoms with Crippen LogP contribution in [-0.2, 0) is 17.9 Å². The number of rotatable bonds is 7. The van der Waals surface area contributed by atoms with Gasteiger partial charge in [-0.3, -0.25) is 0 Å². The van der Waals surface area contributed by atoms with Gasteiger partial charge in [-0.2, -0.15) is 0 Å². The molecular weight excluding hydrogens is 250 g/mol. The van der Waals surface area contributed by atoms with Crippen LogP contribution in [0, 0.1) is 6.92 Å². The van der Waals surface area contributed by atoms with E-state index < -0.39 is 0 Å². The van der Waals surface area contributed by atoms with Gasteiger partial charge < -0.3 is 14.6 Å². The molecule has 0 aliphatic heterocycles. The molecule has 0 unspecified atom stereocenters. The number of hydrogen-bond donors (Lipinski definition) is 1. The topological polar surface area (TPSA) is 39.1 Å². The van der Waals surface area contributed by atoms with E-state index in [0.717, 1.165) is 35.9 Å². The molecule has 0 saturated heterocycles. The number of aromatic nitrogens is 2. The van der Waals surface area contributed by atoms with E-state index >= 15 is 0 Å². The van der Waals surface area contributed by atoms with E-state index in [0.29, 0.717) is 6.61 Å². The normalized spacial score (nSPS) is 10.8. The van der Waals surface area contributed by atoms with Crippen molar-refractivity contribution in [2.45, 2.75) is 39.8 Å². The lowest BCUT2D eigenvalue weighted by Crippen LogP contribution is -2.03. The predicted molar refractivity (Wildman–Crippen MR) is 82.3 cm³/mol. The summed E-state index contributed by atoms with van der Waals surface area (Å²) >= 11 is 0. The number of aryl methyl sites for hydroxylation is 2. The smallest absolute Gasteiger partial charge is 0.207 e. The van der Waals surface area contributed by atoms with E-state index in [1.54, 1.807) is 7.11 Å². The van der Waals surface area contributed by atoms with Crippen LogP contribution in [0.2, 0.25) is 0 Å². The Labute approximate surface area is 120 Å². The molecule has 1 aromatic carbocycles. The molecule has 0 fully saturated rings. The number of nitrogens with one attached hydrogen (secondary N) is 1. The van der Waals surface area contributed by atoms with Crippen molar-refractivity contribution in [1.29, 1.82) is 0 Å². The number of methoxy groups -OCH3 is 1. The molecule has 0 amide bonds. The van der Waals surface area contributed by atoms with Crippen molar-refractivity contribution in [3.05, 3.63) is 41.7 Å². The van der Waals surface area contributed by atoms with E-state index in [2.05, 4.69) is 40.1 Å². The Balaban J connectivity index is 2.14. The van der Waals surface area contributed by atoms with Crippen LogP contribution in [-0.4, -0.2) is 16.7 Å². The second-order valence-corrected chi connectivity index (χ2v) is 5.01. The molecule has 2 aromatic rings. The molecule has 0 aliphatic rings. The maximum atomic E-state index is 5.17. The highest BCUT2D eigenvalue weighted by Crippen LogP contribution is 2.18. The molecule has 4 heteroatoms. The third-order valence-corrected chi connectivity index (χ3v) is 3.14. The highest BCUT2D eigenvalue weighted by atomic mass is 16.5. The molecule has 1 aromatic heterocycles. The number of unbranched alkanes of at least 4 members (excludes halogenated alkanes) is 1. The van der Waals surface area contributed by atoms with Crippen molar-refractivity contribution in [3.63, 3.8) is 0 Å². The summed E-state index contributed by atoms with van der Waals surface area (Å²) in [5, 5.41) is 3.40. The lowest BCUT2D eigenvalue weighted by atomic mass is 10.2. The summed E-state index contributed by atoms with van der Waals surface area (Å²) in [5.74, 6) is 0.908. The monoisotopic (exact) mass is 273 g/mol. The Hall–Kier alpha value is -1.81. The van der Waals surface area contributed by atoms with Crippen molar-refractivity contribution >= 4 is 11.6 Å². The van der Waals surface area contributed by atoms with Gasteiger partial charge >= 0.3 is 0 Å². The van der Waals surface area contributed by atoms with E-state index in [4.69, 9.17) is 4.74 Å². The number of hydrogen-bond acceptors (Lipinski definition) is 3. The zero-order valence-corrected chi connectivity index (χ0v) is 12.5. The van der Waals surface area contributed by atoms with Crippen molar-refractivity contribution in [2.75, 3.05) is 12.4 Å². The Morgan fingerprint density at radius 2 is 2.20 bits per heavy atom. The molecule has 20 heavy (non-hydrogen) atoms. The zero-order valence-electron chi connectivity index (χ0n) is 12.5. The van der Waals surface area contributed by atoms with Crippen LogP contribution in [0.15, 0.2) is 30.5 Å². The van der Waals surface area contributed by atoms with E-state index in [-0.39, 0.29) is 0 Å². The van der Waals surface area contributed by atoms with Crippen LogP contribution < -0.4 is 5.32 Å². The molecule has 0 atom stereocenters. The van der Waals surface area contributed by atoms with Crippen LogP contribution in [0.4, 0.5) is 11.6 Å². The van der Waals surface area contributed by atoms with Gasteiger partial charge in [-0.1, -0.05) is 25.5 Å². The zero-order chi connectivity index (χ0) is 14.4. The third kappa shape index (κ3) is 3.84. The minimum atomic E-state index is 0.624. The minimum absolute atomic E-state index is 0.624. The Morgan fingerprint density at radius 3 is 2.95 bits per heavy atom. The molecule has 4 nitrogen and oxygen atoms in total. The lowest BCUT2D eigenvalue weighted by molar-refractivity contribution is 0.185. The van der Waals surface area contributed by atoms with Gasteiger partial charge in [0.15, 0.2) is 0 Å². The summed E-state index contributed by atoms with van der Waals surface area (Å²) in [4.78, 5) is 4.56. The standard InChI is InChI=1S/C16H23N3O/c1-4-5-9-19-11-13(2)17-16(19)18-15-8-6-7-14(10-15)12-20-3/h6-8,10-11H,4-5,9,12H2,1-3H3,(H,17,18). The lowest BCUT2D eigenvalue weighted by Gasteiger charge is -2.10. The predicted octanol–water partition coefficient (Wildman–Crippen LogP) is 3.88. The van der Waals surface area contributed by atoms with Crippen LogP contribution in [0.25, 0.3) is 0 Å². The second kappa shape index (κ2) is 7.10. The molecule has 108 valence electrons. The van der Waals surface area contributed by atoms with Gasteiger partial charge in [0.05, 0.1) is 12.3 Å². The van der Waals surface area contributed by atoms with Crippen LogP contribution in [0.3, 0.4) is 0 Å². The average Bonchev–Trinajstić information content (AvgIpc) is 2.77. The summed E-state index contributed by atoms with van der Waals surface area (Å²) < 4.78 is 7.35. The first-order valence-corrected chi connectivity index (χ1v) is 7.11. The Morgan fingerprint density at radius 1 is 1.35 bits per heavy atom. The van der Waals surface area contributed by atoms with E-state index in [1.807, 2.05) is 19.1 Å². The molecule has 2 rings (SSSR count). The van der Waals surface area contributed by atoms with E-state index in [9.17, 15) is 0 Å². The number of benzene rings is 1. The van der Waals surface area contributed by atoms with Crippen LogP contribution >= 0.6 is 0 Å². The van der Waals surface area contributed by atoms with Crippen molar-refractivity contribution < 1.29 is 4.74 Å². The SMILES string of the molecule is CCCCn1cc(C)nc1Nc1cccc(COC)c1. The maximum absolute atomic E-state index is 5.17. The number of anilines is 2. The average molecular weight is 273 g/mol. The summed E-state index contributed by atoms with van der Waals surface area (Å²) in [5.41, 5.74) is 3.24. The van der Waals surface area contributed by atoms with Crippen molar-refractivity contribution in [3.8, 4) is 0 Å². The fraction of sp³-hybridized carbons (Fsp3) is 0.438. The van der Waals surface area contributed by atoms with Gasteiger partial charge in [-0.05, 0) is 31.0 Å². The first-order valence-electron chi connectivity index (χ1n) is 7.11. The largest absolute Gasteiger partial charge is 0.380 e. The Bertz CT molecular complexity index is 548. The van der Waals surface area contributed by atoms with E-state index in [1.165, 1.54) is 6.42 Å². The molecule has 0 spiro atoms. The molecule has 0 bridgehead atoms. The third-order valence-electron chi connectivity index (χ3n) is 3.14. The summed E-state index contributed by atoms with van der Waals surface area (Å²) in [6.07, 6.45) is 4.44. The number of imidazole rings is 1. The van der Waals surface area contributed by atoms with Crippen LogP contribution in [0.1, 0.15) is 31.0 Å². The van der Waals surface area contributed by atoms with Gasteiger partial charge in [0.1, 0.15) is 0 Å². The minimum Gasteiger partial charge on any atom is -0.380 e. The molecule has 1 N–H and O–H groups in total. The molecule has 0 radical (unpaired) electrons. The van der Waals surface area contributed by atoms with Gasteiger partial charge in [-0.25, -0.2) is 4.98 Å². The fourth-order valence-corrected chi connectivity index (χ4v) is 2.18. The second-order valence-electron chi connectivity index (χ2n) is 5.01. The molecule has 0 saturated carbocycles. The molecule has 1 heterocycles. The maximum Gasteiger partial charge on any atom is 0.207 e. The van der Waals surface area contributed by atoms with Gasteiger partial charge in [0, 0.05) is 25.5 Å². The number of ether oxygens (including phenoxy) is 1. The Kier molecular flexibility index (Phi) is 5.18. The summed E-state index contributed by atoms with van der Waals surface area (Å²) in [6, 6.07) is 8.23. The van der Waals surface area contributed by atoms with Crippen molar-refractivity contribution in [1.82, 2.24) is 9.55 Å². The highest BCUT2D eigenvalue weighted by molar-refractivity contribution is 5.55. The van der Waals surface area contributed by atoms with Crippen molar-refractivity contribution in [2.24, 2.45) is 0 Å². The number of nitrogens with zero attached hydrogens (tertiary/aromatic N) is 2. The fourth-order valence-electron chi connectivity index (χ4n) is 2.18. The first-order chi connectivity index (χ1) is 9.72. The van der Waals surface area contributed by atoms with Crippen LogP contribution in [0.5, 0.6) is 0 Å². The molecule has 0 aliphatic carbocycles. The first kappa shape index (κ1) is 14.6. The summed E-state index contributed by atoms with van der Waals surface area (Å²) in [6.45, 7) is 5.84.